The second-order valence-corrected chi connectivity index (χ2v) is 7.07. The summed E-state index contributed by atoms with van der Waals surface area (Å²) < 4.78 is 44.0. The Bertz CT molecular complexity index is 929. The summed E-state index contributed by atoms with van der Waals surface area (Å²) in [5.41, 5.74) is 1.61. The molecule has 0 radical (unpaired) electrons. The fourth-order valence-electron chi connectivity index (χ4n) is 3.54. The van der Waals surface area contributed by atoms with Crippen molar-refractivity contribution in [3.05, 3.63) is 75.8 Å². The first kappa shape index (κ1) is 21.2. The number of alkyl halides is 3. The van der Waals surface area contributed by atoms with Gasteiger partial charge in [0.05, 0.1) is 30.3 Å². The first-order valence-corrected chi connectivity index (χ1v) is 9.22. The molecule has 0 spiro atoms. The van der Waals surface area contributed by atoms with E-state index in [0.29, 0.717) is 23.1 Å². The summed E-state index contributed by atoms with van der Waals surface area (Å²) in [6, 6.07) is 12.4. The molecule has 1 unspecified atom stereocenters. The number of hydrogen-bond donors (Lipinski definition) is 1. The van der Waals surface area contributed by atoms with Crippen molar-refractivity contribution in [1.29, 1.82) is 0 Å². The average molecular weight is 426 g/mol. The smallest absolute Gasteiger partial charge is 0.417 e. The monoisotopic (exact) mass is 425 g/mol. The van der Waals surface area contributed by atoms with E-state index in [1.165, 1.54) is 24.1 Å². The number of rotatable bonds is 3. The van der Waals surface area contributed by atoms with Crippen LogP contribution in [0.1, 0.15) is 29.2 Å². The normalized spacial score (nSPS) is 17.4. The van der Waals surface area contributed by atoms with Crippen molar-refractivity contribution in [3.63, 3.8) is 0 Å². The quantitative estimate of drug-likeness (QED) is 0.724. The Morgan fingerprint density at radius 3 is 2.48 bits per heavy atom. The van der Waals surface area contributed by atoms with Gasteiger partial charge in [-0.25, -0.2) is 4.79 Å². The summed E-state index contributed by atoms with van der Waals surface area (Å²) in [5, 5.41) is 9.44. The van der Waals surface area contributed by atoms with Crippen LogP contribution >= 0.6 is 11.6 Å². The summed E-state index contributed by atoms with van der Waals surface area (Å²) in [6.07, 6.45) is -4.80. The van der Waals surface area contributed by atoms with Crippen molar-refractivity contribution in [2.45, 2.75) is 18.6 Å². The van der Waals surface area contributed by atoms with Gasteiger partial charge in [-0.3, -0.25) is 4.90 Å². The highest BCUT2D eigenvalue weighted by Crippen LogP contribution is 2.41. The van der Waals surface area contributed by atoms with Gasteiger partial charge in [-0.2, -0.15) is 13.2 Å². The summed E-state index contributed by atoms with van der Waals surface area (Å²) in [6.45, 7) is -0.250. The Morgan fingerprint density at radius 2 is 1.93 bits per heavy atom. The number of methoxy groups -OCH3 is 1. The van der Waals surface area contributed by atoms with E-state index in [0.717, 1.165) is 11.6 Å². The van der Waals surface area contributed by atoms with Gasteiger partial charge in [0, 0.05) is 6.54 Å². The molecule has 29 heavy (non-hydrogen) atoms. The van der Waals surface area contributed by atoms with Crippen LogP contribution in [0.3, 0.4) is 0 Å². The van der Waals surface area contributed by atoms with E-state index in [2.05, 4.69) is 0 Å². The molecule has 3 rings (SSSR count). The van der Waals surface area contributed by atoms with E-state index < -0.39 is 28.9 Å². The zero-order valence-corrected chi connectivity index (χ0v) is 16.3. The Balaban J connectivity index is 2.06. The van der Waals surface area contributed by atoms with Crippen molar-refractivity contribution >= 4 is 23.3 Å². The van der Waals surface area contributed by atoms with Crippen LogP contribution in [0.25, 0.3) is 5.57 Å². The van der Waals surface area contributed by atoms with E-state index in [4.69, 9.17) is 16.3 Å². The van der Waals surface area contributed by atoms with Gasteiger partial charge >= 0.3 is 12.3 Å². The molecule has 0 saturated carbocycles. The standard InChI is InChI=1S/C21H19ClF3NO3/c1-29-20(28)26-11-15(12-27)16(10-19(26)13-5-3-2-4-6-13)14-7-8-17(18(22)9-14)21(23,24)25/h2-9,19,27H,10-12H2,1H3. The van der Waals surface area contributed by atoms with Gasteiger partial charge in [0.1, 0.15) is 0 Å². The molecule has 1 atom stereocenters. The summed E-state index contributed by atoms with van der Waals surface area (Å²) in [5.74, 6) is 0. The maximum atomic E-state index is 13.0. The molecule has 1 aliphatic heterocycles. The molecule has 1 N–H and O–H groups in total. The fourth-order valence-corrected chi connectivity index (χ4v) is 3.83. The van der Waals surface area contributed by atoms with E-state index in [1.807, 2.05) is 30.3 Å². The van der Waals surface area contributed by atoms with Crippen molar-refractivity contribution < 1.29 is 27.8 Å². The molecule has 0 aromatic heterocycles. The van der Waals surface area contributed by atoms with E-state index in [1.54, 1.807) is 0 Å². The van der Waals surface area contributed by atoms with Gasteiger partial charge in [-0.05, 0) is 40.8 Å². The third-order valence-electron chi connectivity index (χ3n) is 4.97. The van der Waals surface area contributed by atoms with Gasteiger partial charge in [-0.15, -0.1) is 0 Å². The van der Waals surface area contributed by atoms with E-state index >= 15 is 0 Å². The second-order valence-electron chi connectivity index (χ2n) is 6.66. The molecule has 1 heterocycles. The molecular weight excluding hydrogens is 407 g/mol. The van der Waals surface area contributed by atoms with Gasteiger partial charge in [0.2, 0.25) is 0 Å². The molecule has 2 aromatic rings. The number of ether oxygens (including phenoxy) is 1. The number of aliphatic hydroxyl groups is 1. The summed E-state index contributed by atoms with van der Waals surface area (Å²) in [7, 11) is 1.28. The molecule has 1 amide bonds. The number of carbonyl (C=O) groups is 1. The van der Waals surface area contributed by atoms with Crippen LogP contribution < -0.4 is 0 Å². The molecule has 0 aliphatic carbocycles. The minimum absolute atomic E-state index is 0.0940. The van der Waals surface area contributed by atoms with Gasteiger partial charge in [0.15, 0.2) is 0 Å². The Morgan fingerprint density at radius 1 is 1.24 bits per heavy atom. The predicted molar refractivity (Wildman–Crippen MR) is 103 cm³/mol. The molecule has 2 aromatic carbocycles. The highest BCUT2D eigenvalue weighted by atomic mass is 35.5. The Hall–Kier alpha value is -2.51. The van der Waals surface area contributed by atoms with Gasteiger partial charge < -0.3 is 9.84 Å². The minimum Gasteiger partial charge on any atom is -0.453 e. The number of amides is 1. The van der Waals surface area contributed by atoms with Gasteiger partial charge in [0.25, 0.3) is 0 Å². The molecule has 4 nitrogen and oxygen atoms in total. The first-order valence-electron chi connectivity index (χ1n) is 8.84. The number of carbonyl (C=O) groups excluding carboxylic acids is 1. The van der Waals surface area contributed by atoms with E-state index in [-0.39, 0.29) is 13.2 Å². The topological polar surface area (TPSA) is 49.8 Å². The largest absolute Gasteiger partial charge is 0.453 e. The number of hydrogen-bond acceptors (Lipinski definition) is 3. The molecule has 0 saturated heterocycles. The van der Waals surface area contributed by atoms with Crippen molar-refractivity contribution in [1.82, 2.24) is 4.90 Å². The van der Waals surface area contributed by atoms with E-state index in [9.17, 15) is 23.1 Å². The van der Waals surface area contributed by atoms with Crippen LogP contribution in [0.5, 0.6) is 0 Å². The highest BCUT2D eigenvalue weighted by molar-refractivity contribution is 6.31. The Labute approximate surface area is 171 Å². The first-order chi connectivity index (χ1) is 13.8. The van der Waals surface area contributed by atoms with Crippen LogP contribution in [-0.4, -0.2) is 36.4 Å². The summed E-state index contributed by atoms with van der Waals surface area (Å²) >= 11 is 5.89. The lowest BCUT2D eigenvalue weighted by atomic mass is 9.86. The molecule has 154 valence electrons. The number of halogens is 4. The third-order valence-corrected chi connectivity index (χ3v) is 5.28. The minimum atomic E-state index is -4.55. The van der Waals surface area contributed by atoms with Crippen molar-refractivity contribution in [3.8, 4) is 0 Å². The molecule has 0 bridgehead atoms. The van der Waals surface area contributed by atoms with Crippen LogP contribution in [0.15, 0.2) is 54.1 Å². The SMILES string of the molecule is COC(=O)N1CC(CO)=C(c2ccc(C(F)(F)F)c(Cl)c2)CC1c1ccccc1. The molecular formula is C21H19ClF3NO3. The number of nitrogens with zero attached hydrogens (tertiary/aromatic N) is 1. The molecule has 8 heteroatoms. The third kappa shape index (κ3) is 4.41. The van der Waals surface area contributed by atoms with Crippen LogP contribution in [-0.2, 0) is 10.9 Å². The number of benzene rings is 2. The summed E-state index contributed by atoms with van der Waals surface area (Å²) in [4.78, 5) is 13.8. The molecule has 1 aliphatic rings. The van der Waals surface area contributed by atoms with Crippen LogP contribution in [0.2, 0.25) is 5.02 Å². The van der Waals surface area contributed by atoms with Crippen LogP contribution in [0, 0.1) is 0 Å². The van der Waals surface area contributed by atoms with Crippen LogP contribution in [0.4, 0.5) is 18.0 Å². The maximum absolute atomic E-state index is 13.0. The predicted octanol–water partition coefficient (Wildman–Crippen LogP) is 5.32. The number of aliphatic hydroxyl groups excluding tert-OH is 1. The fraction of sp³-hybridized carbons (Fsp3) is 0.286. The lowest BCUT2D eigenvalue weighted by Gasteiger charge is -2.37. The molecule has 0 fully saturated rings. The van der Waals surface area contributed by atoms with Gasteiger partial charge in [-0.1, -0.05) is 48.0 Å². The average Bonchev–Trinajstić information content (AvgIpc) is 2.71. The maximum Gasteiger partial charge on any atom is 0.417 e. The highest BCUT2D eigenvalue weighted by Gasteiger charge is 2.35. The van der Waals surface area contributed by atoms with Crippen molar-refractivity contribution in [2.75, 3.05) is 20.3 Å². The lowest BCUT2D eigenvalue weighted by molar-refractivity contribution is -0.137. The zero-order valence-electron chi connectivity index (χ0n) is 15.5. The second kappa shape index (κ2) is 8.47. The van der Waals surface area contributed by atoms with Crippen molar-refractivity contribution in [2.24, 2.45) is 0 Å². The lowest BCUT2D eigenvalue weighted by Crippen LogP contribution is -2.40. The Kier molecular flexibility index (Phi) is 6.19. The zero-order chi connectivity index (χ0) is 21.2.